The maximum Gasteiger partial charge on any atom is 0.410 e. The fourth-order valence-electron chi connectivity index (χ4n) is 3.29. The molecule has 3 aliphatic rings. The minimum atomic E-state index is -0.371. The third kappa shape index (κ3) is 13.0. The first kappa shape index (κ1) is 31.4. The van der Waals surface area contributed by atoms with E-state index in [9.17, 15) is 4.79 Å². The number of hydrogen-bond acceptors (Lipinski definition) is 10. The predicted octanol–water partition coefficient (Wildman–Crippen LogP) is 2.03. The molecule has 3 saturated heterocycles. The molecule has 1 aromatic carbocycles. The van der Waals surface area contributed by atoms with Crippen molar-refractivity contribution in [1.29, 1.82) is 0 Å². The number of hydrogen-bond donors (Lipinski definition) is 1. The molecule has 3 fully saturated rings. The summed E-state index contributed by atoms with van der Waals surface area (Å²) in [5.41, 5.74) is 0.974. The number of likely N-dealkylation sites (tertiary alicyclic amines) is 1. The van der Waals surface area contributed by atoms with Gasteiger partial charge in [-0.25, -0.2) is 4.79 Å². The summed E-state index contributed by atoms with van der Waals surface area (Å²) < 4.78 is 41.1. The third-order valence-corrected chi connectivity index (χ3v) is 5.87. The summed E-state index contributed by atoms with van der Waals surface area (Å²) >= 11 is 0. The van der Waals surface area contributed by atoms with Crippen LogP contribution in [0.1, 0.15) is 18.4 Å². The summed E-state index contributed by atoms with van der Waals surface area (Å²) in [6, 6.07) is 9.60. The molecule has 1 N–H and O–H groups in total. The second kappa shape index (κ2) is 19.3. The smallest absolute Gasteiger partial charge is 0.410 e. The zero-order valence-corrected chi connectivity index (χ0v) is 22.6. The lowest BCUT2D eigenvalue weighted by atomic mass is 10.2. The molecule has 3 aliphatic heterocycles. The van der Waals surface area contributed by atoms with E-state index < -0.39 is 0 Å². The van der Waals surface area contributed by atoms with Crippen LogP contribution in [0, 0.1) is 0 Å². The van der Waals surface area contributed by atoms with Crippen molar-refractivity contribution in [2.24, 2.45) is 0 Å². The van der Waals surface area contributed by atoms with Gasteiger partial charge < -0.3 is 48.1 Å². The van der Waals surface area contributed by atoms with Gasteiger partial charge in [0.2, 0.25) is 0 Å². The zero-order valence-electron chi connectivity index (χ0n) is 22.6. The molecule has 0 aliphatic carbocycles. The van der Waals surface area contributed by atoms with Gasteiger partial charge in [-0.2, -0.15) is 0 Å². The van der Waals surface area contributed by atoms with Gasteiger partial charge in [-0.15, -0.1) is 0 Å². The fraction of sp³-hybridized carbons (Fsp3) is 0.731. The third-order valence-electron chi connectivity index (χ3n) is 5.87. The normalized spacial score (nSPS) is 17.4. The van der Waals surface area contributed by atoms with E-state index in [0.717, 1.165) is 31.9 Å². The molecule has 11 nitrogen and oxygen atoms in total. The fourth-order valence-corrected chi connectivity index (χ4v) is 3.29. The largest absolute Gasteiger partial charge is 0.445 e. The summed E-state index contributed by atoms with van der Waals surface area (Å²) in [6.07, 6.45) is 2.01. The summed E-state index contributed by atoms with van der Waals surface area (Å²) in [5, 5.41) is 3.11. The number of carbonyl (C=O) groups excluding carboxylic acids is 1. The predicted molar refractivity (Wildman–Crippen MR) is 136 cm³/mol. The highest BCUT2D eigenvalue weighted by atomic mass is 16.7. The summed E-state index contributed by atoms with van der Waals surface area (Å²) in [4.78, 5) is 13.4. The molecule has 37 heavy (non-hydrogen) atoms. The average Bonchev–Trinajstić information content (AvgIpc) is 3.47. The first-order valence-corrected chi connectivity index (χ1v) is 12.7. The Hall–Kier alpha value is -1.83. The van der Waals surface area contributed by atoms with Crippen molar-refractivity contribution in [1.82, 2.24) is 10.2 Å². The molecular weight excluding hydrogens is 484 g/mol. The number of nitrogens with one attached hydrogen (secondary N) is 1. The maximum absolute atomic E-state index is 11.8. The summed E-state index contributed by atoms with van der Waals surface area (Å²) in [6.45, 7) is 6.11. The molecule has 0 saturated carbocycles. The highest BCUT2D eigenvalue weighted by Crippen LogP contribution is 2.15. The van der Waals surface area contributed by atoms with Crippen molar-refractivity contribution in [2.45, 2.75) is 44.2 Å². The van der Waals surface area contributed by atoms with Crippen LogP contribution in [-0.2, 0) is 44.5 Å². The van der Waals surface area contributed by atoms with Gasteiger partial charge >= 0.3 is 6.09 Å². The van der Waals surface area contributed by atoms with Crippen molar-refractivity contribution in [3.8, 4) is 0 Å². The molecule has 0 atom stereocenters. The van der Waals surface area contributed by atoms with Crippen LogP contribution in [0.2, 0.25) is 0 Å². The van der Waals surface area contributed by atoms with Gasteiger partial charge in [0.15, 0.2) is 12.6 Å². The van der Waals surface area contributed by atoms with Crippen LogP contribution >= 0.6 is 0 Å². The Balaban J connectivity index is 0.000000248. The van der Waals surface area contributed by atoms with Crippen LogP contribution < -0.4 is 5.32 Å². The molecule has 0 radical (unpaired) electrons. The number of methoxy groups -OCH3 is 4. The number of benzene rings is 1. The molecule has 212 valence electrons. The van der Waals surface area contributed by atoms with E-state index in [4.69, 9.17) is 37.9 Å². The molecule has 4 rings (SSSR count). The van der Waals surface area contributed by atoms with Crippen molar-refractivity contribution in [3.63, 3.8) is 0 Å². The number of carbonyl (C=O) groups is 1. The van der Waals surface area contributed by atoms with Crippen LogP contribution in [0.15, 0.2) is 30.3 Å². The van der Waals surface area contributed by atoms with E-state index in [1.807, 2.05) is 30.3 Å². The van der Waals surface area contributed by atoms with Crippen molar-refractivity contribution >= 4 is 6.09 Å². The van der Waals surface area contributed by atoms with Gasteiger partial charge in [0.05, 0.1) is 38.5 Å². The zero-order chi connectivity index (χ0) is 26.7. The highest BCUT2D eigenvalue weighted by molar-refractivity contribution is 5.68. The lowest BCUT2D eigenvalue weighted by Gasteiger charge is -2.38. The van der Waals surface area contributed by atoms with Gasteiger partial charge in [0.25, 0.3) is 0 Å². The molecule has 11 heteroatoms. The first-order valence-electron chi connectivity index (χ1n) is 12.7. The summed E-state index contributed by atoms with van der Waals surface area (Å²) in [7, 11) is 6.34. The number of ether oxygens (including phenoxy) is 8. The van der Waals surface area contributed by atoms with Gasteiger partial charge in [-0.1, -0.05) is 30.3 Å². The van der Waals surface area contributed by atoms with Crippen LogP contribution in [0.25, 0.3) is 0 Å². The standard InChI is InChI=1S/C15H21NO5.C7H15NO3.C4H8O/c1-18-14(19-2)11-20-13-8-16(9-13)15(17)21-10-12-6-4-3-5-7-12;1-9-7(10-2)5-11-6-3-8-4-6;1-2-4-5-3-1/h3-7,13-14H,8-11H2,1-2H3;6-8H,3-5H2,1-2H3;1-4H2. The lowest BCUT2D eigenvalue weighted by molar-refractivity contribution is -0.165. The average molecular weight is 529 g/mol. The van der Waals surface area contributed by atoms with Crippen molar-refractivity contribution < 1.29 is 42.7 Å². The Labute approximate surface area is 220 Å². The second-order valence-electron chi connectivity index (χ2n) is 8.64. The van der Waals surface area contributed by atoms with E-state index in [2.05, 4.69) is 5.32 Å². The Morgan fingerprint density at radius 3 is 1.86 bits per heavy atom. The van der Waals surface area contributed by atoms with Gasteiger partial charge in [-0.05, 0) is 18.4 Å². The maximum atomic E-state index is 11.8. The Kier molecular flexibility index (Phi) is 16.3. The van der Waals surface area contributed by atoms with Crippen LogP contribution in [0.5, 0.6) is 0 Å². The SMILES string of the molecule is C1CCOC1.COC(COC1CN(C(=O)OCc2ccccc2)C1)OC.COC(COC1CNC1)OC. The van der Waals surface area contributed by atoms with Crippen LogP contribution in [0.4, 0.5) is 4.79 Å². The van der Waals surface area contributed by atoms with E-state index >= 15 is 0 Å². The van der Waals surface area contributed by atoms with Crippen molar-refractivity contribution in [2.75, 3.05) is 81.0 Å². The topological polar surface area (TPSA) is 106 Å². The molecule has 1 amide bonds. The number of rotatable bonds is 12. The number of nitrogens with zero attached hydrogens (tertiary/aromatic N) is 1. The minimum absolute atomic E-state index is 0.0158. The monoisotopic (exact) mass is 528 g/mol. The van der Waals surface area contributed by atoms with E-state index in [-0.39, 0.29) is 31.4 Å². The Bertz CT molecular complexity index is 683. The second-order valence-corrected chi connectivity index (χ2v) is 8.64. The van der Waals surface area contributed by atoms with Gasteiger partial charge in [0, 0.05) is 54.7 Å². The van der Waals surface area contributed by atoms with Crippen LogP contribution in [0.3, 0.4) is 0 Å². The molecule has 0 aromatic heterocycles. The highest BCUT2D eigenvalue weighted by Gasteiger charge is 2.33. The first-order chi connectivity index (χ1) is 18.1. The van der Waals surface area contributed by atoms with E-state index in [1.165, 1.54) is 12.8 Å². The Morgan fingerprint density at radius 1 is 0.892 bits per heavy atom. The van der Waals surface area contributed by atoms with Gasteiger partial charge in [0.1, 0.15) is 6.61 Å². The summed E-state index contributed by atoms with van der Waals surface area (Å²) in [5.74, 6) is 0. The van der Waals surface area contributed by atoms with Crippen LogP contribution in [-0.4, -0.2) is 117 Å². The molecule has 1 aromatic rings. The molecule has 0 unspecified atom stereocenters. The van der Waals surface area contributed by atoms with Gasteiger partial charge in [-0.3, -0.25) is 0 Å². The molecule has 0 spiro atoms. The lowest BCUT2D eigenvalue weighted by Crippen LogP contribution is -2.55. The van der Waals surface area contributed by atoms with E-state index in [0.29, 0.717) is 32.4 Å². The van der Waals surface area contributed by atoms with Crippen molar-refractivity contribution in [3.05, 3.63) is 35.9 Å². The molecule has 0 bridgehead atoms. The molecular formula is C26H44N2O9. The van der Waals surface area contributed by atoms with E-state index in [1.54, 1.807) is 33.3 Å². The minimum Gasteiger partial charge on any atom is -0.445 e. The Morgan fingerprint density at radius 2 is 1.43 bits per heavy atom. The number of amides is 1. The molecule has 3 heterocycles. The quantitative estimate of drug-likeness (QED) is 0.405.